The van der Waals surface area contributed by atoms with E-state index in [1.165, 1.54) is 0 Å². The zero-order valence-electron chi connectivity index (χ0n) is 15.7. The molecule has 1 aliphatic heterocycles. The van der Waals surface area contributed by atoms with Gasteiger partial charge in [0.2, 0.25) is 0 Å². The van der Waals surface area contributed by atoms with Crippen molar-refractivity contribution in [3.8, 4) is 0 Å². The van der Waals surface area contributed by atoms with Gasteiger partial charge in [-0.1, -0.05) is 37.2 Å². The van der Waals surface area contributed by atoms with Gasteiger partial charge in [-0.3, -0.25) is 4.90 Å². The summed E-state index contributed by atoms with van der Waals surface area (Å²) in [5, 5.41) is 11.2. The summed E-state index contributed by atoms with van der Waals surface area (Å²) in [4.78, 5) is 17.2. The summed E-state index contributed by atoms with van der Waals surface area (Å²) in [6.45, 7) is 8.87. The van der Waals surface area contributed by atoms with Crippen molar-refractivity contribution in [2.24, 2.45) is 0 Å². The normalized spacial score (nSPS) is 15.1. The van der Waals surface area contributed by atoms with Gasteiger partial charge in [0.25, 0.3) is 0 Å². The largest absolute Gasteiger partial charge is 0.395 e. The molecule has 2 N–H and O–H groups in total. The monoisotopic (exact) mass is 455 g/mol. The van der Waals surface area contributed by atoms with E-state index in [9.17, 15) is 0 Å². The molecule has 0 atom stereocenters. The lowest BCUT2D eigenvalue weighted by atomic mass is 10.3. The first-order valence-corrected chi connectivity index (χ1v) is 10.2. The van der Waals surface area contributed by atoms with E-state index in [2.05, 4.69) is 33.6 Å². The Morgan fingerprint density at radius 1 is 1.19 bits per heavy atom. The van der Waals surface area contributed by atoms with E-state index in [0.717, 1.165) is 67.7 Å². The van der Waals surface area contributed by atoms with Crippen molar-refractivity contribution in [3.05, 3.63) is 11.1 Å². The van der Waals surface area contributed by atoms with Gasteiger partial charge in [-0.15, -0.1) is 24.8 Å². The van der Waals surface area contributed by atoms with Gasteiger partial charge >= 0.3 is 0 Å². The molecule has 0 bridgehead atoms. The molecule has 0 unspecified atom stereocenters. The van der Waals surface area contributed by atoms with Crippen LogP contribution < -0.4 is 4.90 Å². The van der Waals surface area contributed by atoms with Gasteiger partial charge in [-0.2, -0.15) is 0 Å². The number of rotatable bonds is 7. The van der Waals surface area contributed by atoms with Crippen LogP contribution in [0.25, 0.3) is 11.2 Å². The number of aliphatic hydroxyl groups excluding tert-OH is 1. The van der Waals surface area contributed by atoms with Gasteiger partial charge in [0.05, 0.1) is 17.1 Å². The predicted octanol–water partition coefficient (Wildman–Crippen LogP) is 3.85. The molecule has 0 radical (unpaired) electrons. The third kappa shape index (κ3) is 6.02. The molecule has 0 aromatic carbocycles. The summed E-state index contributed by atoms with van der Waals surface area (Å²) in [6, 6.07) is 1.93. The van der Waals surface area contributed by atoms with E-state index in [1.807, 2.05) is 6.07 Å². The fraction of sp³-hybridized carbons (Fsp3) is 0.647. The lowest BCUT2D eigenvalue weighted by Crippen LogP contribution is -2.47. The summed E-state index contributed by atoms with van der Waals surface area (Å²) in [5.74, 6) is 0.809. The van der Waals surface area contributed by atoms with Crippen LogP contribution in [-0.2, 0) is 0 Å². The van der Waals surface area contributed by atoms with Gasteiger partial charge in [0.1, 0.15) is 5.82 Å². The highest BCUT2D eigenvalue weighted by molar-refractivity contribution is 7.99. The summed E-state index contributed by atoms with van der Waals surface area (Å²) >= 11 is 8.27. The molecule has 1 saturated heterocycles. The first-order chi connectivity index (χ1) is 12.1. The number of aromatic nitrogens is 3. The molecular weight excluding hydrogens is 429 g/mol. The van der Waals surface area contributed by atoms with Crippen LogP contribution in [0.1, 0.15) is 26.7 Å². The van der Waals surface area contributed by atoms with Gasteiger partial charge < -0.3 is 15.0 Å². The van der Waals surface area contributed by atoms with Crippen LogP contribution >= 0.6 is 48.2 Å². The molecular formula is C17H28Cl3N5OS. The number of aromatic amines is 1. The number of aliphatic hydroxyl groups is 1. The molecule has 0 amide bonds. The Balaban J connectivity index is 0.00000182. The minimum absolute atomic E-state index is 0. The van der Waals surface area contributed by atoms with Crippen LogP contribution in [0.4, 0.5) is 5.82 Å². The van der Waals surface area contributed by atoms with Gasteiger partial charge in [0.15, 0.2) is 10.8 Å². The second kappa shape index (κ2) is 11.5. The van der Waals surface area contributed by atoms with E-state index >= 15 is 0 Å². The van der Waals surface area contributed by atoms with Crippen molar-refractivity contribution >= 4 is 65.2 Å². The number of fused-ring (bicyclic) bond motifs is 1. The molecule has 0 spiro atoms. The second-order valence-electron chi connectivity index (χ2n) is 6.32. The van der Waals surface area contributed by atoms with Crippen LogP contribution in [0.3, 0.4) is 0 Å². The summed E-state index contributed by atoms with van der Waals surface area (Å²) in [6.07, 6.45) is 2.24. The first kappa shape index (κ1) is 24.6. The minimum atomic E-state index is 0. The Morgan fingerprint density at radius 3 is 2.44 bits per heavy atom. The van der Waals surface area contributed by atoms with Crippen LogP contribution in [0, 0.1) is 0 Å². The molecule has 27 heavy (non-hydrogen) atoms. The maximum atomic E-state index is 9.06. The molecule has 3 rings (SSSR count). The molecule has 0 aliphatic carbocycles. The van der Waals surface area contributed by atoms with Gasteiger partial charge in [-0.25, -0.2) is 9.97 Å². The van der Waals surface area contributed by atoms with Crippen molar-refractivity contribution in [2.75, 3.05) is 44.2 Å². The van der Waals surface area contributed by atoms with Crippen molar-refractivity contribution in [1.82, 2.24) is 19.9 Å². The number of nitrogens with one attached hydrogen (secondary N) is 1. The Kier molecular flexibility index (Phi) is 10.5. The second-order valence-corrected chi connectivity index (χ2v) is 8.01. The maximum Gasteiger partial charge on any atom is 0.180 e. The van der Waals surface area contributed by atoms with Gasteiger partial charge in [-0.05, 0) is 18.9 Å². The number of anilines is 1. The number of β-amino-alcohol motifs (C(OH)–C–C–N with tert-alkyl or cyclic N) is 1. The molecule has 3 heterocycles. The van der Waals surface area contributed by atoms with Crippen molar-refractivity contribution in [1.29, 1.82) is 0 Å². The molecule has 154 valence electrons. The Labute approximate surface area is 182 Å². The number of imidazole rings is 1. The topological polar surface area (TPSA) is 68.3 Å². The van der Waals surface area contributed by atoms with E-state index in [0.29, 0.717) is 10.3 Å². The zero-order valence-corrected chi connectivity index (χ0v) is 18.9. The third-order valence-corrected chi connectivity index (χ3v) is 6.36. The van der Waals surface area contributed by atoms with Crippen molar-refractivity contribution < 1.29 is 5.11 Å². The zero-order chi connectivity index (χ0) is 17.8. The number of nitrogens with zero attached hydrogens (tertiary/aromatic N) is 4. The van der Waals surface area contributed by atoms with Crippen molar-refractivity contribution in [2.45, 2.75) is 37.1 Å². The number of halogens is 3. The fourth-order valence-corrected chi connectivity index (χ4v) is 4.33. The predicted molar refractivity (Wildman–Crippen MR) is 119 cm³/mol. The molecule has 1 aliphatic rings. The number of hydrogen-bond acceptors (Lipinski definition) is 6. The fourth-order valence-electron chi connectivity index (χ4n) is 3.10. The smallest absolute Gasteiger partial charge is 0.180 e. The van der Waals surface area contributed by atoms with Crippen LogP contribution in [0.5, 0.6) is 0 Å². The maximum absolute atomic E-state index is 9.06. The molecule has 2 aromatic rings. The molecule has 10 heteroatoms. The van der Waals surface area contributed by atoms with E-state index < -0.39 is 0 Å². The molecule has 6 nitrogen and oxygen atoms in total. The number of piperazine rings is 1. The average molecular weight is 457 g/mol. The van der Waals surface area contributed by atoms with Crippen LogP contribution in [0.2, 0.25) is 5.02 Å². The van der Waals surface area contributed by atoms with Crippen LogP contribution in [-0.4, -0.2) is 69.5 Å². The highest BCUT2D eigenvalue weighted by Crippen LogP contribution is 2.31. The number of H-pyrrole nitrogens is 1. The highest BCUT2D eigenvalue weighted by Gasteiger charge is 2.21. The highest BCUT2D eigenvalue weighted by atomic mass is 35.5. The van der Waals surface area contributed by atoms with Crippen LogP contribution in [0.15, 0.2) is 11.2 Å². The SMILES string of the molecule is CCC(CC)Sc1nc2nc(N3CCN(CCO)CC3)c(Cl)cc2[nH]1.Cl.Cl. The average Bonchev–Trinajstić information content (AvgIpc) is 3.01. The quantitative estimate of drug-likeness (QED) is 0.617. The lowest BCUT2D eigenvalue weighted by Gasteiger charge is -2.35. The Hall–Kier alpha value is -0.440. The molecule has 2 aromatic heterocycles. The summed E-state index contributed by atoms with van der Waals surface area (Å²) in [7, 11) is 0. The summed E-state index contributed by atoms with van der Waals surface area (Å²) in [5.41, 5.74) is 1.62. The Morgan fingerprint density at radius 2 is 1.85 bits per heavy atom. The summed E-state index contributed by atoms with van der Waals surface area (Å²) < 4.78 is 0. The lowest BCUT2D eigenvalue weighted by molar-refractivity contribution is 0.188. The van der Waals surface area contributed by atoms with E-state index in [1.54, 1.807) is 11.8 Å². The molecule has 1 fully saturated rings. The minimum Gasteiger partial charge on any atom is -0.395 e. The number of pyridine rings is 1. The van der Waals surface area contributed by atoms with Crippen molar-refractivity contribution in [3.63, 3.8) is 0 Å². The Bertz CT molecular complexity index is 705. The number of hydrogen-bond donors (Lipinski definition) is 2. The third-order valence-electron chi connectivity index (χ3n) is 4.66. The standard InChI is InChI=1S/C17H26ClN5OS.2ClH/c1-3-12(4-2)25-17-19-14-11-13(18)16(20-15(14)21-17)23-7-5-22(6-8-23)9-10-24;;/h11-12,24H,3-10H2,1-2H3,(H,19,20,21);2*1H. The molecule has 0 saturated carbocycles. The number of thioether (sulfide) groups is 1. The van der Waals surface area contributed by atoms with E-state index in [-0.39, 0.29) is 31.4 Å². The van der Waals surface area contributed by atoms with Gasteiger partial charge in [0, 0.05) is 38.0 Å². The first-order valence-electron chi connectivity index (χ1n) is 8.95. The van der Waals surface area contributed by atoms with E-state index in [4.69, 9.17) is 21.7 Å².